The number of hydrogen-bond donors (Lipinski definition) is 1. The molecule has 1 heterocycles. The van der Waals surface area contributed by atoms with Crippen molar-refractivity contribution in [1.82, 2.24) is 4.57 Å². The Hall–Kier alpha value is -1.76. The largest absolute Gasteiger partial charge is 0.384 e. The summed E-state index contributed by atoms with van der Waals surface area (Å²) in [5.74, 6) is 0.0737. The lowest BCUT2D eigenvalue weighted by atomic mass is 10.2. The first-order valence-corrected chi connectivity index (χ1v) is 3.89. The molecular weight excluding hydrogens is 166 g/mol. The fraction of sp³-hybridized carbons (Fsp3) is 0.333. The van der Waals surface area contributed by atoms with Gasteiger partial charge in [-0.2, -0.15) is 5.26 Å². The fourth-order valence-electron chi connectivity index (χ4n) is 1.38. The lowest BCUT2D eigenvalue weighted by molar-refractivity contribution is 0.0937. The summed E-state index contributed by atoms with van der Waals surface area (Å²) >= 11 is 0. The summed E-state index contributed by atoms with van der Waals surface area (Å²) in [7, 11) is 0. The molecule has 0 bridgehead atoms. The molecule has 0 atom stereocenters. The van der Waals surface area contributed by atoms with Gasteiger partial charge in [-0.25, -0.2) is 0 Å². The number of nitriles is 1. The molecule has 0 saturated carbocycles. The predicted octanol–water partition coefficient (Wildman–Crippen LogP) is 1.22. The second kappa shape index (κ2) is 2.94. The van der Waals surface area contributed by atoms with Crippen molar-refractivity contribution in [2.45, 2.75) is 20.8 Å². The van der Waals surface area contributed by atoms with E-state index in [-0.39, 0.29) is 11.7 Å². The highest BCUT2D eigenvalue weighted by Crippen LogP contribution is 2.22. The van der Waals surface area contributed by atoms with Gasteiger partial charge in [0, 0.05) is 12.6 Å². The molecular formula is C9H11N3O. The van der Waals surface area contributed by atoms with Gasteiger partial charge in [-0.3, -0.25) is 9.36 Å². The molecule has 0 spiro atoms. The highest BCUT2D eigenvalue weighted by atomic mass is 16.1. The molecule has 0 aliphatic carbocycles. The number of carbonyl (C=O) groups excluding carboxylic acids is 1. The highest BCUT2D eigenvalue weighted by molar-refractivity contribution is 5.83. The van der Waals surface area contributed by atoms with Crippen LogP contribution in [0.2, 0.25) is 0 Å². The van der Waals surface area contributed by atoms with Crippen molar-refractivity contribution in [3.8, 4) is 6.07 Å². The Morgan fingerprint density at radius 2 is 2.08 bits per heavy atom. The molecule has 4 nitrogen and oxygen atoms in total. The zero-order valence-corrected chi connectivity index (χ0v) is 7.88. The van der Waals surface area contributed by atoms with E-state index >= 15 is 0 Å². The molecule has 13 heavy (non-hydrogen) atoms. The molecule has 68 valence electrons. The Morgan fingerprint density at radius 3 is 2.31 bits per heavy atom. The molecule has 0 amide bonds. The zero-order valence-electron chi connectivity index (χ0n) is 7.88. The van der Waals surface area contributed by atoms with Crippen molar-refractivity contribution >= 4 is 11.7 Å². The van der Waals surface area contributed by atoms with E-state index < -0.39 is 0 Å². The average molecular weight is 177 g/mol. The molecule has 1 aromatic heterocycles. The second-order valence-corrected chi connectivity index (χ2v) is 2.94. The van der Waals surface area contributed by atoms with Crippen molar-refractivity contribution in [2.75, 3.05) is 5.73 Å². The first kappa shape index (κ1) is 9.33. The summed E-state index contributed by atoms with van der Waals surface area (Å²) in [5, 5.41) is 8.76. The van der Waals surface area contributed by atoms with Crippen LogP contribution < -0.4 is 5.73 Å². The molecule has 0 unspecified atom stereocenters. The van der Waals surface area contributed by atoms with Crippen LogP contribution >= 0.6 is 0 Å². The lowest BCUT2D eigenvalue weighted by Crippen LogP contribution is -2.11. The topological polar surface area (TPSA) is 71.8 Å². The van der Waals surface area contributed by atoms with Crippen LogP contribution in [0.1, 0.15) is 28.5 Å². The first-order chi connectivity index (χ1) is 6.00. The van der Waals surface area contributed by atoms with Crippen molar-refractivity contribution in [1.29, 1.82) is 5.26 Å². The summed E-state index contributed by atoms with van der Waals surface area (Å²) < 4.78 is 1.36. The lowest BCUT2D eigenvalue weighted by Gasteiger charge is -2.01. The van der Waals surface area contributed by atoms with E-state index in [0.29, 0.717) is 5.56 Å². The molecule has 0 aliphatic heterocycles. The maximum Gasteiger partial charge on any atom is 0.229 e. The third-order valence-corrected chi connectivity index (χ3v) is 2.18. The maximum atomic E-state index is 11.1. The Balaban J connectivity index is 3.57. The van der Waals surface area contributed by atoms with Crippen molar-refractivity contribution < 1.29 is 4.79 Å². The third kappa shape index (κ3) is 1.18. The third-order valence-electron chi connectivity index (χ3n) is 2.18. The molecule has 1 rings (SSSR count). The maximum absolute atomic E-state index is 11.1. The van der Waals surface area contributed by atoms with Gasteiger partial charge < -0.3 is 5.73 Å². The van der Waals surface area contributed by atoms with Crippen LogP contribution in [0.5, 0.6) is 0 Å². The van der Waals surface area contributed by atoms with E-state index in [1.165, 1.54) is 11.5 Å². The number of aromatic nitrogens is 1. The van der Waals surface area contributed by atoms with Crippen LogP contribution in [0.15, 0.2) is 0 Å². The van der Waals surface area contributed by atoms with E-state index in [1.54, 1.807) is 13.8 Å². The summed E-state index contributed by atoms with van der Waals surface area (Å²) in [6, 6.07) is 1.98. The van der Waals surface area contributed by atoms with Crippen LogP contribution in [0.25, 0.3) is 0 Å². The minimum atomic E-state index is -0.167. The molecule has 0 saturated heterocycles. The number of anilines is 1. The number of rotatable bonds is 0. The van der Waals surface area contributed by atoms with Crippen LogP contribution in [-0.4, -0.2) is 10.5 Å². The van der Waals surface area contributed by atoms with Crippen molar-refractivity contribution in [3.05, 3.63) is 16.8 Å². The Labute approximate surface area is 76.6 Å². The number of nitrogens with two attached hydrogens (primary N) is 1. The van der Waals surface area contributed by atoms with Gasteiger partial charge in [-0.05, 0) is 19.4 Å². The molecule has 1 aromatic rings. The van der Waals surface area contributed by atoms with E-state index in [0.717, 1.165) is 11.3 Å². The van der Waals surface area contributed by atoms with Gasteiger partial charge in [0.25, 0.3) is 0 Å². The van der Waals surface area contributed by atoms with Gasteiger partial charge in [0.1, 0.15) is 11.9 Å². The van der Waals surface area contributed by atoms with Gasteiger partial charge in [0.15, 0.2) is 0 Å². The van der Waals surface area contributed by atoms with E-state index in [4.69, 9.17) is 11.0 Å². The van der Waals surface area contributed by atoms with Gasteiger partial charge in [0.05, 0.1) is 5.56 Å². The number of nitrogen functional groups attached to an aromatic ring is 1. The van der Waals surface area contributed by atoms with Crippen molar-refractivity contribution in [2.24, 2.45) is 0 Å². The number of hydrogen-bond acceptors (Lipinski definition) is 3. The molecule has 2 N–H and O–H groups in total. The van der Waals surface area contributed by atoms with Crippen LogP contribution in [-0.2, 0) is 0 Å². The molecule has 0 radical (unpaired) electrons. The molecule has 4 heteroatoms. The summed E-state index contributed by atoms with van der Waals surface area (Å²) in [5.41, 5.74) is 7.54. The average Bonchev–Trinajstić information content (AvgIpc) is 2.24. The number of carbonyl (C=O) groups is 1. The zero-order chi connectivity index (χ0) is 10.2. The predicted molar refractivity (Wildman–Crippen MR) is 49.3 cm³/mol. The summed E-state index contributed by atoms with van der Waals surface area (Å²) in [6.45, 7) is 4.97. The minimum absolute atomic E-state index is 0.167. The minimum Gasteiger partial charge on any atom is -0.384 e. The molecule has 0 fully saturated rings. The fourth-order valence-corrected chi connectivity index (χ4v) is 1.38. The van der Waals surface area contributed by atoms with Gasteiger partial charge in [0.2, 0.25) is 5.91 Å². The Bertz CT molecular complexity index is 409. The monoisotopic (exact) mass is 177 g/mol. The Morgan fingerprint density at radius 1 is 1.54 bits per heavy atom. The smallest absolute Gasteiger partial charge is 0.229 e. The Kier molecular flexibility index (Phi) is 2.11. The van der Waals surface area contributed by atoms with Crippen LogP contribution in [0.3, 0.4) is 0 Å². The molecule has 0 aromatic carbocycles. The van der Waals surface area contributed by atoms with Gasteiger partial charge in [-0.1, -0.05) is 0 Å². The summed E-state index contributed by atoms with van der Waals surface area (Å²) in [4.78, 5) is 11.1. The SMILES string of the molecule is CC(=O)n1c(C)c(C)c(C#N)c1N. The van der Waals surface area contributed by atoms with Crippen LogP contribution in [0, 0.1) is 25.2 Å². The van der Waals surface area contributed by atoms with Crippen LogP contribution in [0.4, 0.5) is 5.82 Å². The van der Waals surface area contributed by atoms with Crippen molar-refractivity contribution in [3.63, 3.8) is 0 Å². The summed E-state index contributed by atoms with van der Waals surface area (Å²) in [6.07, 6.45) is 0. The van der Waals surface area contributed by atoms with Gasteiger partial charge >= 0.3 is 0 Å². The van der Waals surface area contributed by atoms with Gasteiger partial charge in [-0.15, -0.1) is 0 Å². The van der Waals surface area contributed by atoms with E-state index in [1.807, 2.05) is 6.07 Å². The number of nitrogens with zero attached hydrogens (tertiary/aromatic N) is 2. The second-order valence-electron chi connectivity index (χ2n) is 2.94. The highest BCUT2D eigenvalue weighted by Gasteiger charge is 2.16. The first-order valence-electron chi connectivity index (χ1n) is 3.89. The van der Waals surface area contributed by atoms with E-state index in [2.05, 4.69) is 0 Å². The molecule has 0 aliphatic rings. The standard InChI is InChI=1S/C9H11N3O/c1-5-6(2)12(7(3)13)9(11)8(5)4-10/h11H2,1-3H3. The quantitative estimate of drug-likeness (QED) is 0.647. The normalized spacial score (nSPS) is 9.69. The van der Waals surface area contributed by atoms with E-state index in [9.17, 15) is 4.79 Å².